The largest absolute Gasteiger partial charge is 0.497 e. The van der Waals surface area contributed by atoms with Crippen LogP contribution in [0.1, 0.15) is 18.6 Å². The number of hydrogen-bond donors (Lipinski definition) is 1. The zero-order chi connectivity index (χ0) is 11.0. The Morgan fingerprint density at radius 3 is 2.73 bits per heavy atom. The molecule has 0 saturated carbocycles. The molecule has 2 rings (SSSR count). The van der Waals surface area contributed by atoms with Gasteiger partial charge in [0.2, 0.25) is 0 Å². The lowest BCUT2D eigenvalue weighted by Crippen LogP contribution is -1.88. The quantitative estimate of drug-likeness (QED) is 0.815. The molecule has 1 heterocycles. The van der Waals surface area contributed by atoms with Crippen molar-refractivity contribution >= 4 is 10.9 Å². The highest BCUT2D eigenvalue weighted by atomic mass is 16.5. The molecule has 15 heavy (non-hydrogen) atoms. The highest BCUT2D eigenvalue weighted by molar-refractivity contribution is 5.85. The van der Waals surface area contributed by atoms with Crippen LogP contribution in [0.2, 0.25) is 0 Å². The van der Waals surface area contributed by atoms with Gasteiger partial charge in [0.25, 0.3) is 0 Å². The van der Waals surface area contributed by atoms with Gasteiger partial charge in [-0.15, -0.1) is 0 Å². The summed E-state index contributed by atoms with van der Waals surface area (Å²) in [4.78, 5) is 0. The molecule has 3 heteroatoms. The van der Waals surface area contributed by atoms with E-state index in [4.69, 9.17) is 4.74 Å². The fourth-order valence-corrected chi connectivity index (χ4v) is 1.86. The maximum Gasteiger partial charge on any atom is 0.119 e. The first-order valence-corrected chi connectivity index (χ1v) is 4.94. The van der Waals surface area contributed by atoms with Crippen molar-refractivity contribution < 1.29 is 9.84 Å². The summed E-state index contributed by atoms with van der Waals surface area (Å²) < 4.78 is 7.19. The molecule has 1 atom stereocenters. The third kappa shape index (κ3) is 1.59. The number of methoxy groups -OCH3 is 1. The van der Waals surface area contributed by atoms with Crippen molar-refractivity contribution in [1.82, 2.24) is 4.57 Å². The first-order chi connectivity index (χ1) is 7.13. The van der Waals surface area contributed by atoms with Gasteiger partial charge < -0.3 is 14.4 Å². The molecule has 0 radical (unpaired) electrons. The smallest absolute Gasteiger partial charge is 0.119 e. The van der Waals surface area contributed by atoms with Crippen LogP contribution in [-0.4, -0.2) is 16.8 Å². The third-order valence-corrected chi connectivity index (χ3v) is 2.68. The minimum absolute atomic E-state index is 0.458. The Bertz CT molecular complexity index is 486. The Labute approximate surface area is 88.9 Å². The lowest BCUT2D eigenvalue weighted by molar-refractivity contribution is 0.200. The Morgan fingerprint density at radius 1 is 1.40 bits per heavy atom. The number of aliphatic hydroxyl groups excluding tert-OH is 1. The average Bonchev–Trinajstić information content (AvgIpc) is 2.56. The summed E-state index contributed by atoms with van der Waals surface area (Å²) in [5, 5.41) is 10.7. The van der Waals surface area contributed by atoms with Gasteiger partial charge in [-0.2, -0.15) is 0 Å². The predicted octanol–water partition coefficient (Wildman–Crippen LogP) is 2.24. The number of rotatable bonds is 2. The van der Waals surface area contributed by atoms with E-state index in [2.05, 4.69) is 0 Å². The van der Waals surface area contributed by atoms with Gasteiger partial charge in [-0.25, -0.2) is 0 Å². The zero-order valence-electron chi connectivity index (χ0n) is 9.19. The van der Waals surface area contributed by atoms with Crippen molar-refractivity contribution in [3.05, 3.63) is 30.0 Å². The number of benzene rings is 1. The summed E-state index contributed by atoms with van der Waals surface area (Å²) in [6.45, 7) is 1.77. The summed E-state index contributed by atoms with van der Waals surface area (Å²) in [5.41, 5.74) is 2.04. The minimum Gasteiger partial charge on any atom is -0.497 e. The number of aromatic nitrogens is 1. The Hall–Kier alpha value is -1.48. The number of ether oxygens (including phenoxy) is 1. The molecule has 1 unspecified atom stereocenters. The fraction of sp³-hybridized carbons (Fsp3) is 0.333. The lowest BCUT2D eigenvalue weighted by Gasteiger charge is -2.03. The van der Waals surface area contributed by atoms with Crippen LogP contribution in [0, 0.1) is 0 Å². The molecule has 0 amide bonds. The van der Waals surface area contributed by atoms with E-state index in [0.29, 0.717) is 0 Å². The van der Waals surface area contributed by atoms with Gasteiger partial charge in [-0.3, -0.25) is 0 Å². The molecule has 0 aliphatic carbocycles. The molecular weight excluding hydrogens is 190 g/mol. The zero-order valence-corrected chi connectivity index (χ0v) is 9.19. The molecular formula is C12H15NO2. The van der Waals surface area contributed by atoms with Crippen LogP contribution in [0.3, 0.4) is 0 Å². The van der Waals surface area contributed by atoms with Crippen LogP contribution in [0.4, 0.5) is 0 Å². The SMILES string of the molecule is COc1ccc2c(c1)c(C(C)O)cn2C. The Morgan fingerprint density at radius 2 is 2.13 bits per heavy atom. The summed E-state index contributed by atoms with van der Waals surface area (Å²) in [7, 11) is 3.62. The second-order valence-corrected chi connectivity index (χ2v) is 3.75. The monoisotopic (exact) mass is 205 g/mol. The number of nitrogens with zero attached hydrogens (tertiary/aromatic N) is 1. The van der Waals surface area contributed by atoms with Crippen LogP contribution < -0.4 is 4.74 Å². The average molecular weight is 205 g/mol. The van der Waals surface area contributed by atoms with Crippen LogP contribution in [0.25, 0.3) is 10.9 Å². The molecule has 0 spiro atoms. The van der Waals surface area contributed by atoms with E-state index in [1.54, 1.807) is 14.0 Å². The Kier molecular flexibility index (Phi) is 2.40. The fourth-order valence-electron chi connectivity index (χ4n) is 1.86. The first kappa shape index (κ1) is 10.1. The molecule has 3 nitrogen and oxygen atoms in total. The second kappa shape index (κ2) is 3.59. The number of aliphatic hydroxyl groups is 1. The van der Waals surface area contributed by atoms with Crippen molar-refractivity contribution in [2.75, 3.05) is 7.11 Å². The van der Waals surface area contributed by atoms with Crippen LogP contribution in [0.5, 0.6) is 5.75 Å². The lowest BCUT2D eigenvalue weighted by atomic mass is 10.1. The molecule has 0 aliphatic rings. The molecule has 1 aromatic heterocycles. The van der Waals surface area contributed by atoms with E-state index in [1.807, 2.05) is 36.0 Å². The van der Waals surface area contributed by atoms with Crippen LogP contribution >= 0.6 is 0 Å². The molecule has 1 N–H and O–H groups in total. The minimum atomic E-state index is -0.458. The van der Waals surface area contributed by atoms with E-state index < -0.39 is 6.10 Å². The molecule has 80 valence electrons. The van der Waals surface area contributed by atoms with Gasteiger partial charge in [-0.05, 0) is 25.1 Å². The molecule has 0 saturated heterocycles. The van der Waals surface area contributed by atoms with E-state index in [9.17, 15) is 5.11 Å². The van der Waals surface area contributed by atoms with E-state index >= 15 is 0 Å². The van der Waals surface area contributed by atoms with Gasteiger partial charge in [0.1, 0.15) is 5.75 Å². The van der Waals surface area contributed by atoms with Crippen molar-refractivity contribution in [3.8, 4) is 5.75 Å². The normalized spacial score (nSPS) is 13.1. The highest BCUT2D eigenvalue weighted by Gasteiger charge is 2.11. The topological polar surface area (TPSA) is 34.4 Å². The number of fused-ring (bicyclic) bond motifs is 1. The summed E-state index contributed by atoms with van der Waals surface area (Å²) >= 11 is 0. The van der Waals surface area contributed by atoms with Gasteiger partial charge in [0, 0.05) is 29.7 Å². The van der Waals surface area contributed by atoms with Crippen molar-refractivity contribution in [1.29, 1.82) is 0 Å². The first-order valence-electron chi connectivity index (χ1n) is 4.94. The van der Waals surface area contributed by atoms with Crippen LogP contribution in [-0.2, 0) is 7.05 Å². The van der Waals surface area contributed by atoms with Gasteiger partial charge in [-0.1, -0.05) is 0 Å². The third-order valence-electron chi connectivity index (χ3n) is 2.68. The summed E-state index contributed by atoms with van der Waals surface area (Å²) in [6, 6.07) is 5.88. The molecule has 0 bridgehead atoms. The van der Waals surface area contributed by atoms with Crippen molar-refractivity contribution in [3.63, 3.8) is 0 Å². The van der Waals surface area contributed by atoms with E-state index in [0.717, 1.165) is 22.2 Å². The van der Waals surface area contributed by atoms with Gasteiger partial charge in [0.15, 0.2) is 0 Å². The van der Waals surface area contributed by atoms with E-state index in [-0.39, 0.29) is 0 Å². The second-order valence-electron chi connectivity index (χ2n) is 3.75. The van der Waals surface area contributed by atoms with Crippen molar-refractivity contribution in [2.45, 2.75) is 13.0 Å². The number of hydrogen-bond acceptors (Lipinski definition) is 2. The Balaban J connectivity index is 2.71. The number of aryl methyl sites for hydroxylation is 1. The molecule has 1 aromatic carbocycles. The molecule has 2 aromatic rings. The standard InChI is InChI=1S/C12H15NO2/c1-8(14)11-7-13(2)12-5-4-9(15-3)6-10(11)12/h4-8,14H,1-3H3. The van der Waals surface area contributed by atoms with Gasteiger partial charge in [0.05, 0.1) is 13.2 Å². The van der Waals surface area contributed by atoms with Crippen LogP contribution in [0.15, 0.2) is 24.4 Å². The maximum absolute atomic E-state index is 9.64. The van der Waals surface area contributed by atoms with Crippen molar-refractivity contribution in [2.24, 2.45) is 7.05 Å². The predicted molar refractivity (Wildman–Crippen MR) is 60.1 cm³/mol. The summed E-state index contributed by atoms with van der Waals surface area (Å²) in [5.74, 6) is 0.815. The maximum atomic E-state index is 9.64. The molecule has 0 aliphatic heterocycles. The molecule has 0 fully saturated rings. The van der Waals surface area contributed by atoms with E-state index in [1.165, 1.54) is 0 Å². The summed E-state index contributed by atoms with van der Waals surface area (Å²) in [6.07, 6.45) is 1.50. The van der Waals surface area contributed by atoms with Gasteiger partial charge >= 0.3 is 0 Å². The highest BCUT2D eigenvalue weighted by Crippen LogP contribution is 2.28.